The average molecular weight is 233 g/mol. The Kier molecular flexibility index (Phi) is 2.82. The van der Waals surface area contributed by atoms with Crippen molar-refractivity contribution in [2.45, 2.75) is 13.0 Å². The van der Waals surface area contributed by atoms with Crippen LogP contribution in [0.1, 0.15) is 17.5 Å². The van der Waals surface area contributed by atoms with Gasteiger partial charge in [-0.3, -0.25) is 9.59 Å². The van der Waals surface area contributed by atoms with Crippen LogP contribution in [0.5, 0.6) is 0 Å². The number of carbonyl (C=O) groups excluding carboxylic acids is 1. The SMILES string of the molecule is C[C@H](NC(=O)c1cc2ccccc2o1)C(=O)O. The number of rotatable bonds is 3. The van der Waals surface area contributed by atoms with Crippen molar-refractivity contribution in [3.8, 4) is 0 Å². The summed E-state index contributed by atoms with van der Waals surface area (Å²) in [5.74, 6) is -1.51. The van der Waals surface area contributed by atoms with Gasteiger partial charge in [0.2, 0.25) is 0 Å². The van der Waals surface area contributed by atoms with Gasteiger partial charge in [-0.05, 0) is 19.1 Å². The molecule has 0 aliphatic rings. The molecule has 17 heavy (non-hydrogen) atoms. The smallest absolute Gasteiger partial charge is 0.325 e. The first-order valence-corrected chi connectivity index (χ1v) is 5.10. The van der Waals surface area contributed by atoms with E-state index in [4.69, 9.17) is 9.52 Å². The van der Waals surface area contributed by atoms with E-state index in [0.717, 1.165) is 5.39 Å². The lowest BCUT2D eigenvalue weighted by Crippen LogP contribution is -2.38. The highest BCUT2D eigenvalue weighted by Gasteiger charge is 2.18. The maximum Gasteiger partial charge on any atom is 0.325 e. The maximum absolute atomic E-state index is 11.7. The van der Waals surface area contributed by atoms with E-state index in [-0.39, 0.29) is 5.76 Å². The van der Waals surface area contributed by atoms with Crippen molar-refractivity contribution in [1.29, 1.82) is 0 Å². The second-order valence-corrected chi connectivity index (χ2v) is 3.68. The molecule has 5 heteroatoms. The number of hydrogen-bond donors (Lipinski definition) is 2. The molecule has 1 heterocycles. The van der Waals surface area contributed by atoms with Crippen LogP contribution in [-0.4, -0.2) is 23.0 Å². The fourth-order valence-corrected chi connectivity index (χ4v) is 1.42. The van der Waals surface area contributed by atoms with Crippen molar-refractivity contribution >= 4 is 22.8 Å². The van der Waals surface area contributed by atoms with E-state index in [1.807, 2.05) is 12.1 Å². The molecule has 2 aromatic rings. The molecule has 1 aromatic carbocycles. The third kappa shape index (κ3) is 2.28. The van der Waals surface area contributed by atoms with Gasteiger partial charge in [-0.25, -0.2) is 0 Å². The van der Waals surface area contributed by atoms with Crippen molar-refractivity contribution in [2.75, 3.05) is 0 Å². The molecule has 0 fully saturated rings. The molecule has 0 aliphatic heterocycles. The summed E-state index contributed by atoms with van der Waals surface area (Å²) in [4.78, 5) is 22.3. The lowest BCUT2D eigenvalue weighted by molar-refractivity contribution is -0.138. The predicted molar refractivity (Wildman–Crippen MR) is 60.8 cm³/mol. The molecule has 0 spiro atoms. The minimum atomic E-state index is -1.09. The standard InChI is InChI=1S/C12H11NO4/c1-7(12(15)16)13-11(14)10-6-8-4-2-3-5-9(8)17-10/h2-7H,1H3,(H,13,14)(H,15,16)/t7-/m0/s1. The Balaban J connectivity index is 2.22. The second kappa shape index (κ2) is 4.29. The number of furan rings is 1. The first-order valence-electron chi connectivity index (χ1n) is 5.10. The summed E-state index contributed by atoms with van der Waals surface area (Å²) in [5.41, 5.74) is 0.598. The minimum Gasteiger partial charge on any atom is -0.480 e. The number of carbonyl (C=O) groups is 2. The third-order valence-corrected chi connectivity index (χ3v) is 2.37. The molecule has 0 saturated carbocycles. The number of hydrogen-bond acceptors (Lipinski definition) is 3. The first kappa shape index (κ1) is 11.2. The number of fused-ring (bicyclic) bond motifs is 1. The van der Waals surface area contributed by atoms with Crippen LogP contribution in [0.4, 0.5) is 0 Å². The summed E-state index contributed by atoms with van der Waals surface area (Å²) < 4.78 is 5.31. The lowest BCUT2D eigenvalue weighted by atomic mass is 10.2. The zero-order valence-electron chi connectivity index (χ0n) is 9.14. The van der Waals surface area contributed by atoms with Crippen molar-refractivity contribution in [3.63, 3.8) is 0 Å². The van der Waals surface area contributed by atoms with Gasteiger partial charge in [-0.15, -0.1) is 0 Å². The van der Waals surface area contributed by atoms with Gasteiger partial charge < -0.3 is 14.8 Å². The van der Waals surface area contributed by atoms with Gasteiger partial charge in [-0.1, -0.05) is 18.2 Å². The topological polar surface area (TPSA) is 79.5 Å². The van der Waals surface area contributed by atoms with Crippen LogP contribution in [0.15, 0.2) is 34.7 Å². The highest BCUT2D eigenvalue weighted by molar-refractivity contribution is 5.97. The van der Waals surface area contributed by atoms with E-state index in [2.05, 4.69) is 5.32 Å². The van der Waals surface area contributed by atoms with Gasteiger partial charge >= 0.3 is 5.97 Å². The van der Waals surface area contributed by atoms with Crippen LogP contribution in [0, 0.1) is 0 Å². The molecule has 0 aliphatic carbocycles. The molecule has 0 unspecified atom stereocenters. The second-order valence-electron chi connectivity index (χ2n) is 3.68. The van der Waals surface area contributed by atoms with E-state index in [9.17, 15) is 9.59 Å². The molecule has 2 rings (SSSR count). The molecule has 0 saturated heterocycles. The Labute approximate surface area is 97.0 Å². The number of amides is 1. The number of para-hydroxylation sites is 1. The molecule has 0 bridgehead atoms. The van der Waals surface area contributed by atoms with Crippen molar-refractivity contribution in [2.24, 2.45) is 0 Å². The van der Waals surface area contributed by atoms with E-state index in [1.54, 1.807) is 18.2 Å². The number of carboxylic acid groups (broad SMARTS) is 1. The Bertz CT molecular complexity index is 540. The molecular formula is C12H11NO4. The molecule has 1 aromatic heterocycles. The van der Waals surface area contributed by atoms with Crippen molar-refractivity contribution in [3.05, 3.63) is 36.1 Å². The molecule has 0 radical (unpaired) electrons. The summed E-state index contributed by atoms with van der Waals surface area (Å²) in [6.45, 7) is 1.39. The molecule has 1 amide bonds. The summed E-state index contributed by atoms with van der Waals surface area (Å²) >= 11 is 0. The highest BCUT2D eigenvalue weighted by atomic mass is 16.4. The summed E-state index contributed by atoms with van der Waals surface area (Å²) in [5, 5.41) is 11.8. The lowest BCUT2D eigenvalue weighted by Gasteiger charge is -2.06. The Hall–Kier alpha value is -2.30. The fourth-order valence-electron chi connectivity index (χ4n) is 1.42. The van der Waals surface area contributed by atoms with Gasteiger partial charge in [0.15, 0.2) is 5.76 Å². The van der Waals surface area contributed by atoms with Crippen LogP contribution >= 0.6 is 0 Å². The van der Waals surface area contributed by atoms with E-state index >= 15 is 0 Å². The number of nitrogens with one attached hydrogen (secondary N) is 1. The quantitative estimate of drug-likeness (QED) is 0.844. The van der Waals surface area contributed by atoms with Gasteiger partial charge in [-0.2, -0.15) is 0 Å². The summed E-state index contributed by atoms with van der Waals surface area (Å²) in [6, 6.07) is 7.82. The number of benzene rings is 1. The monoisotopic (exact) mass is 233 g/mol. The highest BCUT2D eigenvalue weighted by Crippen LogP contribution is 2.18. The predicted octanol–water partition coefficient (Wildman–Crippen LogP) is 1.64. The summed E-state index contributed by atoms with van der Waals surface area (Å²) in [6.07, 6.45) is 0. The molecule has 2 N–H and O–H groups in total. The van der Waals surface area contributed by atoms with Gasteiger partial charge in [0.1, 0.15) is 11.6 Å². The van der Waals surface area contributed by atoms with Gasteiger partial charge in [0, 0.05) is 5.39 Å². The van der Waals surface area contributed by atoms with Gasteiger partial charge in [0.05, 0.1) is 0 Å². The summed E-state index contributed by atoms with van der Waals surface area (Å²) in [7, 11) is 0. The van der Waals surface area contributed by atoms with Crippen LogP contribution in [0.2, 0.25) is 0 Å². The van der Waals surface area contributed by atoms with E-state index in [0.29, 0.717) is 5.58 Å². The molecule has 88 valence electrons. The average Bonchev–Trinajstić information content (AvgIpc) is 2.72. The third-order valence-electron chi connectivity index (χ3n) is 2.37. The number of carboxylic acids is 1. The van der Waals surface area contributed by atoms with Crippen LogP contribution < -0.4 is 5.32 Å². The Morgan fingerprint density at radius 3 is 2.71 bits per heavy atom. The normalized spacial score (nSPS) is 12.3. The fraction of sp³-hybridized carbons (Fsp3) is 0.167. The Morgan fingerprint density at radius 1 is 1.35 bits per heavy atom. The first-order chi connectivity index (χ1) is 8.08. The largest absolute Gasteiger partial charge is 0.480 e. The zero-order chi connectivity index (χ0) is 12.4. The van der Waals surface area contributed by atoms with E-state index < -0.39 is 17.9 Å². The maximum atomic E-state index is 11.7. The zero-order valence-corrected chi connectivity index (χ0v) is 9.14. The van der Waals surface area contributed by atoms with Crippen LogP contribution in [0.3, 0.4) is 0 Å². The number of aliphatic carboxylic acids is 1. The molecule has 5 nitrogen and oxygen atoms in total. The van der Waals surface area contributed by atoms with Crippen molar-refractivity contribution < 1.29 is 19.1 Å². The van der Waals surface area contributed by atoms with Gasteiger partial charge in [0.25, 0.3) is 5.91 Å². The molecular weight excluding hydrogens is 222 g/mol. The molecule has 1 atom stereocenters. The van der Waals surface area contributed by atoms with E-state index in [1.165, 1.54) is 6.92 Å². The van der Waals surface area contributed by atoms with Crippen LogP contribution in [0.25, 0.3) is 11.0 Å². The van der Waals surface area contributed by atoms with Crippen molar-refractivity contribution in [1.82, 2.24) is 5.32 Å². The Morgan fingerprint density at radius 2 is 2.06 bits per heavy atom. The van der Waals surface area contributed by atoms with Crippen LogP contribution in [-0.2, 0) is 4.79 Å². The minimum absolute atomic E-state index is 0.110.